The average Bonchev–Trinajstić information content (AvgIpc) is 3.41. The molecule has 9 heteroatoms. The summed E-state index contributed by atoms with van der Waals surface area (Å²) in [6.07, 6.45) is 6.75. The zero-order valence-electron chi connectivity index (χ0n) is 15.6. The van der Waals surface area contributed by atoms with Gasteiger partial charge < -0.3 is 15.0 Å². The summed E-state index contributed by atoms with van der Waals surface area (Å²) >= 11 is 1.48. The third-order valence-corrected chi connectivity index (χ3v) is 5.38. The molecule has 1 aliphatic heterocycles. The number of pyridine rings is 1. The third-order valence-electron chi connectivity index (χ3n) is 4.62. The Morgan fingerprint density at radius 3 is 2.96 bits per heavy atom. The van der Waals surface area contributed by atoms with E-state index in [1.54, 1.807) is 23.3 Å². The Balaban J connectivity index is 1.32. The molecule has 1 N–H and O–H groups in total. The van der Waals surface area contributed by atoms with Crippen LogP contribution >= 0.6 is 11.3 Å². The Bertz CT molecular complexity index is 918. The first-order valence-electron chi connectivity index (χ1n) is 9.33. The Hall–Kier alpha value is -2.94. The van der Waals surface area contributed by atoms with Crippen LogP contribution < -0.4 is 15.0 Å². The van der Waals surface area contributed by atoms with Gasteiger partial charge in [-0.25, -0.2) is 9.67 Å². The van der Waals surface area contributed by atoms with Crippen molar-refractivity contribution in [2.24, 2.45) is 0 Å². The second-order valence-electron chi connectivity index (χ2n) is 6.49. The predicted molar refractivity (Wildman–Crippen MR) is 107 cm³/mol. The molecule has 0 atom stereocenters. The van der Waals surface area contributed by atoms with Gasteiger partial charge in [-0.1, -0.05) is 6.07 Å². The van der Waals surface area contributed by atoms with E-state index < -0.39 is 0 Å². The normalized spacial score (nSPS) is 14.8. The number of carbonyl (C=O) groups is 1. The summed E-state index contributed by atoms with van der Waals surface area (Å²) in [7, 11) is 0. The number of hydrogen-bond acceptors (Lipinski definition) is 7. The molecule has 0 bridgehead atoms. The molecule has 0 unspecified atom stereocenters. The van der Waals surface area contributed by atoms with E-state index in [0.717, 1.165) is 36.9 Å². The van der Waals surface area contributed by atoms with Crippen molar-refractivity contribution in [3.8, 4) is 11.0 Å². The van der Waals surface area contributed by atoms with Crippen LogP contribution in [0.1, 0.15) is 30.1 Å². The van der Waals surface area contributed by atoms with Crippen LogP contribution in [0.5, 0.6) is 5.88 Å². The fourth-order valence-corrected chi connectivity index (χ4v) is 3.78. The van der Waals surface area contributed by atoms with Gasteiger partial charge in [-0.3, -0.25) is 4.79 Å². The zero-order valence-corrected chi connectivity index (χ0v) is 16.4. The van der Waals surface area contributed by atoms with E-state index >= 15 is 0 Å². The van der Waals surface area contributed by atoms with Crippen molar-refractivity contribution < 1.29 is 9.53 Å². The van der Waals surface area contributed by atoms with Crippen LogP contribution in [0.15, 0.2) is 42.2 Å². The van der Waals surface area contributed by atoms with Gasteiger partial charge in [-0.15, -0.1) is 11.3 Å². The summed E-state index contributed by atoms with van der Waals surface area (Å²) in [5.74, 6) is 1.46. The van der Waals surface area contributed by atoms with Crippen LogP contribution in [0, 0.1) is 0 Å². The number of ether oxygens (including phenoxy) is 1. The van der Waals surface area contributed by atoms with Gasteiger partial charge in [0.15, 0.2) is 0 Å². The van der Waals surface area contributed by atoms with E-state index in [0.29, 0.717) is 18.1 Å². The summed E-state index contributed by atoms with van der Waals surface area (Å²) in [5.41, 5.74) is 0.545. The van der Waals surface area contributed by atoms with Gasteiger partial charge in [-0.05, 0) is 25.8 Å². The van der Waals surface area contributed by atoms with Crippen molar-refractivity contribution >= 4 is 23.1 Å². The van der Waals surface area contributed by atoms with Crippen LogP contribution in [-0.2, 0) is 0 Å². The third kappa shape index (κ3) is 4.14. The Labute approximate surface area is 167 Å². The summed E-state index contributed by atoms with van der Waals surface area (Å²) in [6, 6.07) is 5.96. The van der Waals surface area contributed by atoms with Crippen molar-refractivity contribution in [3.63, 3.8) is 0 Å². The molecule has 3 aromatic heterocycles. The topological polar surface area (TPSA) is 85.2 Å². The number of nitrogens with one attached hydrogen (secondary N) is 1. The summed E-state index contributed by atoms with van der Waals surface area (Å²) in [5, 5.41) is 9.96. The van der Waals surface area contributed by atoms with Gasteiger partial charge >= 0.3 is 0 Å². The number of nitrogens with zero attached hydrogens (tertiary/aromatic N) is 5. The SMILES string of the molecule is CCOc1cccc(N2CCC(NC(=O)c3cnn(-c4nccs4)c3)CC2)n1. The van der Waals surface area contributed by atoms with E-state index in [1.165, 1.54) is 11.3 Å². The summed E-state index contributed by atoms with van der Waals surface area (Å²) in [4.78, 5) is 23.5. The lowest BCUT2D eigenvalue weighted by Gasteiger charge is -2.33. The van der Waals surface area contributed by atoms with Gasteiger partial charge in [-0.2, -0.15) is 10.1 Å². The number of rotatable bonds is 6. The molecule has 0 aliphatic carbocycles. The standard InChI is InChI=1S/C19H22N6O2S/c1-2-27-17-5-3-4-16(23-17)24-9-6-15(7-10-24)22-18(26)14-12-21-25(13-14)19-20-8-11-28-19/h3-5,8,11-13,15H,2,6-7,9-10H2,1H3,(H,22,26). The molecule has 146 valence electrons. The largest absolute Gasteiger partial charge is 0.478 e. The summed E-state index contributed by atoms with van der Waals surface area (Å²) < 4.78 is 7.11. The minimum Gasteiger partial charge on any atom is -0.478 e. The Morgan fingerprint density at radius 2 is 2.21 bits per heavy atom. The molecule has 4 rings (SSSR count). The minimum atomic E-state index is -0.0993. The molecule has 8 nitrogen and oxygen atoms in total. The number of hydrogen-bond donors (Lipinski definition) is 1. The lowest BCUT2D eigenvalue weighted by molar-refractivity contribution is 0.0931. The van der Waals surface area contributed by atoms with Crippen molar-refractivity contribution in [2.75, 3.05) is 24.6 Å². The molecule has 1 fully saturated rings. The highest BCUT2D eigenvalue weighted by Crippen LogP contribution is 2.21. The lowest BCUT2D eigenvalue weighted by atomic mass is 10.0. The monoisotopic (exact) mass is 398 g/mol. The maximum atomic E-state index is 12.5. The van der Waals surface area contributed by atoms with Crippen LogP contribution in [-0.4, -0.2) is 51.4 Å². The van der Waals surface area contributed by atoms with Crippen molar-refractivity contribution in [3.05, 3.63) is 47.7 Å². The van der Waals surface area contributed by atoms with E-state index in [1.807, 2.05) is 30.5 Å². The average molecular weight is 398 g/mol. The molecule has 4 heterocycles. The van der Waals surface area contributed by atoms with Crippen molar-refractivity contribution in [1.29, 1.82) is 0 Å². The number of amides is 1. The zero-order chi connectivity index (χ0) is 19.3. The minimum absolute atomic E-state index is 0.0993. The Morgan fingerprint density at radius 1 is 1.36 bits per heavy atom. The van der Waals surface area contributed by atoms with Crippen LogP contribution in [0.25, 0.3) is 5.13 Å². The molecule has 1 aliphatic rings. The molecule has 28 heavy (non-hydrogen) atoms. The molecule has 1 amide bonds. The maximum absolute atomic E-state index is 12.5. The first kappa shape index (κ1) is 18.4. The van der Waals surface area contributed by atoms with Crippen LogP contribution in [0.4, 0.5) is 5.82 Å². The van der Waals surface area contributed by atoms with E-state index in [9.17, 15) is 4.79 Å². The van der Waals surface area contributed by atoms with E-state index in [-0.39, 0.29) is 11.9 Å². The molecular weight excluding hydrogens is 376 g/mol. The lowest BCUT2D eigenvalue weighted by Crippen LogP contribution is -2.44. The smallest absolute Gasteiger partial charge is 0.254 e. The summed E-state index contributed by atoms with van der Waals surface area (Å²) in [6.45, 7) is 4.23. The van der Waals surface area contributed by atoms with Gasteiger partial charge in [0.2, 0.25) is 11.0 Å². The molecule has 3 aromatic rings. The fourth-order valence-electron chi connectivity index (χ4n) is 3.20. The van der Waals surface area contributed by atoms with Gasteiger partial charge in [0.1, 0.15) is 5.82 Å². The molecule has 0 radical (unpaired) electrons. The van der Waals surface area contributed by atoms with Crippen LogP contribution in [0.2, 0.25) is 0 Å². The highest BCUT2D eigenvalue weighted by atomic mass is 32.1. The van der Waals surface area contributed by atoms with Crippen LogP contribution in [0.3, 0.4) is 0 Å². The number of thiazole rings is 1. The molecule has 0 aromatic carbocycles. The Kier molecular flexibility index (Phi) is 5.52. The van der Waals surface area contributed by atoms with E-state index in [2.05, 4.69) is 25.3 Å². The molecule has 0 saturated carbocycles. The molecular formula is C19H22N6O2S. The highest BCUT2D eigenvalue weighted by molar-refractivity contribution is 7.12. The second kappa shape index (κ2) is 8.39. The first-order chi connectivity index (χ1) is 13.7. The van der Waals surface area contributed by atoms with Gasteiger partial charge in [0, 0.05) is 43.0 Å². The van der Waals surface area contributed by atoms with Crippen molar-refractivity contribution in [2.45, 2.75) is 25.8 Å². The highest BCUT2D eigenvalue weighted by Gasteiger charge is 2.23. The first-order valence-corrected chi connectivity index (χ1v) is 10.2. The molecule has 0 spiro atoms. The fraction of sp³-hybridized carbons (Fsp3) is 0.368. The van der Waals surface area contributed by atoms with Gasteiger partial charge in [0.25, 0.3) is 5.91 Å². The van der Waals surface area contributed by atoms with Crippen molar-refractivity contribution in [1.82, 2.24) is 25.1 Å². The number of anilines is 1. The number of carbonyl (C=O) groups excluding carboxylic acids is 1. The molecule has 1 saturated heterocycles. The number of aromatic nitrogens is 4. The second-order valence-corrected chi connectivity index (χ2v) is 7.36. The number of piperidine rings is 1. The predicted octanol–water partition coefficient (Wildman–Crippen LogP) is 2.52. The van der Waals surface area contributed by atoms with Gasteiger partial charge in [0.05, 0.1) is 18.4 Å². The maximum Gasteiger partial charge on any atom is 0.254 e. The van der Waals surface area contributed by atoms with E-state index in [4.69, 9.17) is 4.74 Å². The quantitative estimate of drug-likeness (QED) is 0.687.